The fraction of sp³-hybridized carbons (Fsp3) is 0. The van der Waals surface area contributed by atoms with E-state index < -0.39 is 14.9 Å². The smallest absolute Gasteiger partial charge is 0.269 e. The second-order valence-electron chi connectivity index (χ2n) is 5.45. The number of nitrogens with one attached hydrogen (secondary N) is 1. The van der Waals surface area contributed by atoms with Crippen LogP contribution in [0.5, 0.6) is 0 Å². The maximum Gasteiger partial charge on any atom is 0.269 e. The van der Waals surface area contributed by atoms with Gasteiger partial charge in [-0.05, 0) is 48.5 Å². The first kappa shape index (κ1) is 18.3. The first-order valence-electron chi connectivity index (χ1n) is 7.59. The Hall–Kier alpha value is -3.50. The number of nitrogens with two attached hydrogens (primary N) is 1. The van der Waals surface area contributed by atoms with Crippen molar-refractivity contribution in [1.82, 2.24) is 0 Å². The van der Waals surface area contributed by atoms with Gasteiger partial charge in [0.2, 0.25) is 10.0 Å². The molecule has 0 unspecified atom stereocenters. The van der Waals surface area contributed by atoms with Crippen LogP contribution in [0.4, 0.5) is 11.4 Å². The van der Waals surface area contributed by atoms with Gasteiger partial charge in [-0.1, -0.05) is 0 Å². The van der Waals surface area contributed by atoms with Crippen molar-refractivity contribution in [1.29, 1.82) is 0 Å². The average molecular weight is 386 g/mol. The molecule has 27 heavy (non-hydrogen) atoms. The second-order valence-corrected chi connectivity index (χ2v) is 7.01. The van der Waals surface area contributed by atoms with Crippen LogP contribution in [-0.4, -0.2) is 19.6 Å². The monoisotopic (exact) mass is 386 g/mol. The van der Waals surface area contributed by atoms with Gasteiger partial charge in [0, 0.05) is 17.7 Å². The third-order valence-electron chi connectivity index (χ3n) is 3.56. The quantitative estimate of drug-likeness (QED) is 0.379. The van der Waals surface area contributed by atoms with E-state index in [0.717, 1.165) is 0 Å². The zero-order valence-electron chi connectivity index (χ0n) is 13.8. The van der Waals surface area contributed by atoms with Gasteiger partial charge in [-0.2, -0.15) is 5.10 Å². The van der Waals surface area contributed by atoms with Gasteiger partial charge < -0.3 is 4.42 Å². The number of primary sulfonamides is 1. The standard InChI is InChI=1S/C17H14N4O5S/c18-27(24,25)16-8-1-12(2-9-16)17-10-7-15(26-17)11-19-20-13-3-5-14(6-4-13)21(22)23/h1-11,20H,(H2,18,24,25)/b19-11+. The molecule has 3 aromatic rings. The highest BCUT2D eigenvalue weighted by Gasteiger charge is 2.09. The van der Waals surface area contributed by atoms with Crippen LogP contribution in [0.1, 0.15) is 5.76 Å². The molecule has 0 aliphatic heterocycles. The Balaban J connectivity index is 1.67. The summed E-state index contributed by atoms with van der Waals surface area (Å²) in [7, 11) is -3.74. The predicted octanol–water partition coefficient (Wildman–Crippen LogP) is 2.95. The van der Waals surface area contributed by atoms with Crippen molar-refractivity contribution >= 4 is 27.6 Å². The van der Waals surface area contributed by atoms with Gasteiger partial charge in [0.1, 0.15) is 11.5 Å². The molecule has 0 saturated heterocycles. The van der Waals surface area contributed by atoms with Crippen LogP contribution in [0.2, 0.25) is 0 Å². The normalized spacial score (nSPS) is 11.6. The van der Waals surface area contributed by atoms with E-state index in [0.29, 0.717) is 22.8 Å². The van der Waals surface area contributed by atoms with Crippen LogP contribution in [0, 0.1) is 10.1 Å². The molecule has 0 bridgehead atoms. The van der Waals surface area contributed by atoms with Crippen LogP contribution in [0.25, 0.3) is 11.3 Å². The number of hydrogen-bond donors (Lipinski definition) is 2. The summed E-state index contributed by atoms with van der Waals surface area (Å²) in [6.45, 7) is 0. The first-order valence-corrected chi connectivity index (χ1v) is 9.14. The third kappa shape index (κ3) is 4.57. The highest BCUT2D eigenvalue weighted by atomic mass is 32.2. The van der Waals surface area contributed by atoms with Crippen LogP contribution >= 0.6 is 0 Å². The number of nitro groups is 1. The Bertz CT molecular complexity index is 1090. The Labute approximate surface area is 154 Å². The molecule has 3 rings (SSSR count). The van der Waals surface area contributed by atoms with Crippen molar-refractivity contribution in [3.05, 3.63) is 76.5 Å². The van der Waals surface area contributed by atoms with E-state index in [1.807, 2.05) is 0 Å². The van der Waals surface area contributed by atoms with Gasteiger partial charge in [-0.3, -0.25) is 15.5 Å². The minimum atomic E-state index is -3.74. The number of hydrogen-bond acceptors (Lipinski definition) is 7. The van der Waals surface area contributed by atoms with Gasteiger partial charge in [-0.15, -0.1) is 0 Å². The molecule has 0 saturated carbocycles. The summed E-state index contributed by atoms with van der Waals surface area (Å²) in [5.74, 6) is 1.00. The predicted molar refractivity (Wildman–Crippen MR) is 99.8 cm³/mol. The lowest BCUT2D eigenvalue weighted by Gasteiger charge is -2.00. The van der Waals surface area contributed by atoms with Gasteiger partial charge >= 0.3 is 0 Å². The van der Waals surface area contributed by atoms with Gasteiger partial charge in [0.05, 0.1) is 21.7 Å². The number of non-ortho nitro benzene ring substituents is 1. The van der Waals surface area contributed by atoms with E-state index in [-0.39, 0.29) is 10.6 Å². The van der Waals surface area contributed by atoms with E-state index in [9.17, 15) is 18.5 Å². The van der Waals surface area contributed by atoms with E-state index in [1.54, 1.807) is 24.3 Å². The number of furan rings is 1. The molecular weight excluding hydrogens is 372 g/mol. The van der Waals surface area contributed by atoms with Crippen LogP contribution in [-0.2, 0) is 10.0 Å². The molecular formula is C17H14N4O5S. The minimum absolute atomic E-state index is 0.00587. The lowest BCUT2D eigenvalue weighted by Crippen LogP contribution is -2.11. The van der Waals surface area contributed by atoms with Crippen molar-refractivity contribution in [2.45, 2.75) is 4.90 Å². The number of rotatable bonds is 6. The molecule has 2 aromatic carbocycles. The number of nitro benzene ring substituents is 1. The van der Waals surface area contributed by atoms with Crippen molar-refractivity contribution < 1.29 is 17.8 Å². The number of benzene rings is 2. The SMILES string of the molecule is NS(=O)(=O)c1ccc(-c2ccc(/C=N/Nc3ccc([N+](=O)[O-])cc3)o2)cc1. The van der Waals surface area contributed by atoms with Gasteiger partial charge in [-0.25, -0.2) is 13.6 Å². The fourth-order valence-electron chi connectivity index (χ4n) is 2.21. The van der Waals surface area contributed by atoms with Crippen molar-refractivity contribution in [2.75, 3.05) is 5.43 Å². The average Bonchev–Trinajstić information content (AvgIpc) is 3.10. The molecule has 0 aliphatic carbocycles. The number of sulfonamides is 1. The summed E-state index contributed by atoms with van der Waals surface area (Å²) in [5.41, 5.74) is 4.00. The molecule has 9 nitrogen and oxygen atoms in total. The molecule has 0 spiro atoms. The second kappa shape index (κ2) is 7.40. The summed E-state index contributed by atoms with van der Waals surface area (Å²) in [6.07, 6.45) is 1.45. The van der Waals surface area contributed by atoms with Crippen molar-refractivity contribution in [2.24, 2.45) is 10.2 Å². The highest BCUT2D eigenvalue weighted by Crippen LogP contribution is 2.23. The Kier molecular flexibility index (Phi) is 5.01. The fourth-order valence-corrected chi connectivity index (χ4v) is 2.73. The van der Waals surface area contributed by atoms with E-state index >= 15 is 0 Å². The van der Waals surface area contributed by atoms with Crippen LogP contribution < -0.4 is 10.6 Å². The lowest BCUT2D eigenvalue weighted by atomic mass is 10.2. The molecule has 0 radical (unpaired) electrons. The molecule has 1 aromatic heterocycles. The molecule has 0 amide bonds. The largest absolute Gasteiger partial charge is 0.455 e. The molecule has 0 fully saturated rings. The van der Waals surface area contributed by atoms with E-state index in [2.05, 4.69) is 10.5 Å². The van der Waals surface area contributed by atoms with E-state index in [4.69, 9.17) is 9.56 Å². The Morgan fingerprint density at radius 2 is 1.70 bits per heavy atom. The molecule has 1 heterocycles. The number of hydrazone groups is 1. The van der Waals surface area contributed by atoms with Crippen LogP contribution in [0.3, 0.4) is 0 Å². The molecule has 138 valence electrons. The van der Waals surface area contributed by atoms with Crippen LogP contribution in [0.15, 0.2) is 75.1 Å². The zero-order chi connectivity index (χ0) is 19.4. The van der Waals surface area contributed by atoms with Gasteiger partial charge in [0.25, 0.3) is 5.69 Å². The van der Waals surface area contributed by atoms with Gasteiger partial charge in [0.15, 0.2) is 0 Å². The topological polar surface area (TPSA) is 141 Å². The molecule has 3 N–H and O–H groups in total. The van der Waals surface area contributed by atoms with Crippen molar-refractivity contribution in [3.63, 3.8) is 0 Å². The molecule has 0 aliphatic rings. The Morgan fingerprint density at radius 3 is 2.30 bits per heavy atom. The molecule has 10 heteroatoms. The maximum atomic E-state index is 11.3. The summed E-state index contributed by atoms with van der Waals surface area (Å²) >= 11 is 0. The minimum Gasteiger partial charge on any atom is -0.455 e. The number of nitrogens with zero attached hydrogens (tertiary/aromatic N) is 2. The maximum absolute atomic E-state index is 11.3. The Morgan fingerprint density at radius 1 is 1.04 bits per heavy atom. The zero-order valence-corrected chi connectivity index (χ0v) is 14.6. The lowest BCUT2D eigenvalue weighted by molar-refractivity contribution is -0.384. The summed E-state index contributed by atoms with van der Waals surface area (Å²) < 4.78 is 28.2. The third-order valence-corrected chi connectivity index (χ3v) is 4.49. The summed E-state index contributed by atoms with van der Waals surface area (Å²) in [6, 6.07) is 15.2. The van der Waals surface area contributed by atoms with Crippen molar-refractivity contribution in [3.8, 4) is 11.3 Å². The first-order chi connectivity index (χ1) is 12.8. The summed E-state index contributed by atoms with van der Waals surface area (Å²) in [5, 5.41) is 19.7. The molecule has 0 atom stereocenters. The number of anilines is 1. The highest BCUT2D eigenvalue weighted by molar-refractivity contribution is 7.89. The van der Waals surface area contributed by atoms with E-state index in [1.165, 1.54) is 42.6 Å². The summed E-state index contributed by atoms with van der Waals surface area (Å²) in [4.78, 5) is 10.1.